The maximum absolute atomic E-state index is 12.9. The smallest absolute Gasteiger partial charge is 0.338 e. The van der Waals surface area contributed by atoms with Crippen molar-refractivity contribution >= 4 is 39.1 Å². The van der Waals surface area contributed by atoms with Gasteiger partial charge < -0.3 is 9.64 Å². The number of carbonyl (C=O) groups excluding carboxylic acids is 2. The summed E-state index contributed by atoms with van der Waals surface area (Å²) in [5, 5.41) is 11.9. The van der Waals surface area contributed by atoms with Crippen LogP contribution in [-0.2, 0) is 4.74 Å². The molecule has 2 aromatic carbocycles. The van der Waals surface area contributed by atoms with Gasteiger partial charge in [0.1, 0.15) is 5.01 Å². The fourth-order valence-corrected chi connectivity index (χ4v) is 3.75. The van der Waals surface area contributed by atoms with Gasteiger partial charge in [-0.05, 0) is 25.1 Å². The van der Waals surface area contributed by atoms with E-state index in [1.54, 1.807) is 7.05 Å². The van der Waals surface area contributed by atoms with Gasteiger partial charge in [0.2, 0.25) is 0 Å². The van der Waals surface area contributed by atoms with Gasteiger partial charge in [-0.25, -0.2) is 9.78 Å². The maximum Gasteiger partial charge on any atom is 0.338 e. The largest absolute Gasteiger partial charge is 0.465 e. The van der Waals surface area contributed by atoms with Crippen LogP contribution < -0.4 is 0 Å². The van der Waals surface area contributed by atoms with Crippen molar-refractivity contribution in [2.24, 2.45) is 0 Å². The predicted molar refractivity (Wildman–Crippen MR) is 105 cm³/mol. The average Bonchev–Trinajstić information content (AvgIpc) is 3.15. The molecule has 0 radical (unpaired) electrons. The Morgan fingerprint density at radius 2 is 1.89 bits per heavy atom. The molecule has 9 heteroatoms. The van der Waals surface area contributed by atoms with E-state index in [4.69, 9.17) is 0 Å². The molecule has 0 aliphatic carbocycles. The number of aromatic nitrogens is 1. The van der Waals surface area contributed by atoms with E-state index >= 15 is 0 Å². The highest BCUT2D eigenvalue weighted by Gasteiger charge is 2.25. The molecule has 1 amide bonds. The highest BCUT2D eigenvalue weighted by molar-refractivity contribution is 7.18. The van der Waals surface area contributed by atoms with Crippen molar-refractivity contribution in [1.29, 1.82) is 0 Å². The average molecular weight is 399 g/mol. The number of rotatable bonds is 5. The molecule has 3 aromatic rings. The van der Waals surface area contributed by atoms with Crippen molar-refractivity contribution in [2.45, 2.75) is 13.0 Å². The normalized spacial score (nSPS) is 11.8. The van der Waals surface area contributed by atoms with Crippen molar-refractivity contribution < 1.29 is 19.2 Å². The Hall–Kier alpha value is -3.33. The first-order chi connectivity index (χ1) is 13.3. The van der Waals surface area contributed by atoms with E-state index in [9.17, 15) is 19.7 Å². The van der Waals surface area contributed by atoms with Crippen LogP contribution in [-0.4, -0.2) is 40.8 Å². The minimum atomic E-state index is -0.750. The highest BCUT2D eigenvalue weighted by Crippen LogP contribution is 2.30. The third-order valence-corrected chi connectivity index (χ3v) is 5.57. The quantitative estimate of drug-likeness (QED) is 0.367. The summed E-state index contributed by atoms with van der Waals surface area (Å²) in [7, 11) is 2.76. The van der Waals surface area contributed by atoms with Crippen molar-refractivity contribution in [3.8, 4) is 0 Å². The van der Waals surface area contributed by atoms with Gasteiger partial charge in [-0.2, -0.15) is 0 Å². The van der Waals surface area contributed by atoms with Gasteiger partial charge in [0.25, 0.3) is 11.6 Å². The summed E-state index contributed by atoms with van der Waals surface area (Å²) in [6.07, 6.45) is 0. The lowest BCUT2D eigenvalue weighted by Gasteiger charge is -2.23. The number of non-ortho nitro benzene ring substituents is 1. The SMILES string of the molecule is COC(=O)c1cc(C(=O)N(C)[C@H](C)c2nc3ccccc3s2)cc([N+](=O)[O-])c1. The van der Waals surface area contributed by atoms with E-state index in [1.165, 1.54) is 29.4 Å². The molecule has 144 valence electrons. The van der Waals surface area contributed by atoms with Crippen LogP contribution in [0.4, 0.5) is 5.69 Å². The molecule has 0 aliphatic rings. The van der Waals surface area contributed by atoms with E-state index in [0.29, 0.717) is 0 Å². The number of benzene rings is 2. The maximum atomic E-state index is 12.9. The van der Waals surface area contributed by atoms with E-state index < -0.39 is 16.8 Å². The number of esters is 1. The summed E-state index contributed by atoms with van der Waals surface area (Å²) >= 11 is 1.48. The molecule has 1 heterocycles. The predicted octanol–water partition coefficient (Wildman–Crippen LogP) is 3.82. The lowest BCUT2D eigenvalue weighted by atomic mass is 10.1. The van der Waals surface area contributed by atoms with Crippen molar-refractivity contribution in [2.75, 3.05) is 14.2 Å². The molecule has 0 spiro atoms. The number of ether oxygens (including phenoxy) is 1. The standard InChI is InChI=1S/C19H17N3O5S/c1-11(17-20-15-6-4-5-7-16(15)28-17)21(2)18(23)12-8-13(19(24)27-3)10-14(9-12)22(25)26/h4-11H,1-3H3/t11-/m1/s1. The van der Waals surface area contributed by atoms with Crippen LogP contribution in [0.2, 0.25) is 0 Å². The Morgan fingerprint density at radius 1 is 1.21 bits per heavy atom. The number of fused-ring (bicyclic) bond motifs is 1. The lowest BCUT2D eigenvalue weighted by Crippen LogP contribution is -2.29. The molecule has 28 heavy (non-hydrogen) atoms. The highest BCUT2D eigenvalue weighted by atomic mass is 32.1. The minimum Gasteiger partial charge on any atom is -0.465 e. The van der Waals surface area contributed by atoms with Gasteiger partial charge in [-0.1, -0.05) is 12.1 Å². The van der Waals surface area contributed by atoms with Crippen LogP contribution in [0.1, 0.15) is 38.7 Å². The number of thiazole rings is 1. The Bertz CT molecular complexity index is 1050. The molecule has 0 saturated heterocycles. The summed E-state index contributed by atoms with van der Waals surface area (Å²) in [6, 6.07) is 10.8. The van der Waals surface area contributed by atoms with Crippen LogP contribution in [0.25, 0.3) is 10.2 Å². The number of carbonyl (C=O) groups is 2. The van der Waals surface area contributed by atoms with E-state index in [2.05, 4.69) is 9.72 Å². The van der Waals surface area contributed by atoms with Crippen LogP contribution in [0, 0.1) is 10.1 Å². The number of hydrogen-bond acceptors (Lipinski definition) is 7. The molecule has 3 rings (SSSR count). The van der Waals surface area contributed by atoms with Crippen LogP contribution in [0.3, 0.4) is 0 Å². The van der Waals surface area contributed by atoms with E-state index in [-0.39, 0.29) is 22.9 Å². The Morgan fingerprint density at radius 3 is 2.54 bits per heavy atom. The fraction of sp³-hybridized carbons (Fsp3) is 0.211. The first-order valence-corrected chi connectivity index (χ1v) is 9.14. The zero-order chi connectivity index (χ0) is 20.4. The summed E-state index contributed by atoms with van der Waals surface area (Å²) in [6.45, 7) is 1.83. The molecule has 0 fully saturated rings. The number of para-hydroxylation sites is 1. The Balaban J connectivity index is 1.94. The summed E-state index contributed by atoms with van der Waals surface area (Å²) in [5.74, 6) is -1.21. The number of methoxy groups -OCH3 is 1. The van der Waals surface area contributed by atoms with Crippen molar-refractivity contribution in [3.63, 3.8) is 0 Å². The number of nitro benzene ring substituents is 1. The molecule has 8 nitrogen and oxygen atoms in total. The first kappa shape index (κ1) is 19.4. The van der Waals surface area contributed by atoms with Gasteiger partial charge in [-0.3, -0.25) is 14.9 Å². The number of hydrogen-bond donors (Lipinski definition) is 0. The summed E-state index contributed by atoms with van der Waals surface area (Å²) < 4.78 is 5.63. The molecule has 0 saturated carbocycles. The molecular weight excluding hydrogens is 382 g/mol. The topological polar surface area (TPSA) is 103 Å². The molecule has 0 aliphatic heterocycles. The first-order valence-electron chi connectivity index (χ1n) is 8.32. The van der Waals surface area contributed by atoms with Crippen molar-refractivity contribution in [1.82, 2.24) is 9.88 Å². The number of nitrogens with zero attached hydrogens (tertiary/aromatic N) is 3. The van der Waals surface area contributed by atoms with Crippen LogP contribution >= 0.6 is 11.3 Å². The molecule has 0 unspecified atom stereocenters. The van der Waals surface area contributed by atoms with Gasteiger partial charge >= 0.3 is 5.97 Å². The monoisotopic (exact) mass is 399 g/mol. The third kappa shape index (κ3) is 3.70. The second-order valence-corrected chi connectivity index (χ2v) is 7.19. The van der Waals surface area contributed by atoms with Crippen LogP contribution in [0.5, 0.6) is 0 Å². The molecule has 0 bridgehead atoms. The molecule has 1 atom stereocenters. The van der Waals surface area contributed by atoms with Crippen LogP contribution in [0.15, 0.2) is 42.5 Å². The second-order valence-electron chi connectivity index (χ2n) is 6.13. The van der Waals surface area contributed by atoms with Crippen molar-refractivity contribution in [3.05, 3.63) is 68.7 Å². The zero-order valence-corrected chi connectivity index (χ0v) is 16.2. The van der Waals surface area contributed by atoms with Gasteiger partial charge in [0, 0.05) is 24.7 Å². The number of amides is 1. The molecule has 1 aromatic heterocycles. The Labute approximate surface area is 164 Å². The summed E-state index contributed by atoms with van der Waals surface area (Å²) in [5.41, 5.74) is 0.469. The fourth-order valence-electron chi connectivity index (χ4n) is 2.69. The lowest BCUT2D eigenvalue weighted by molar-refractivity contribution is -0.384. The zero-order valence-electron chi connectivity index (χ0n) is 15.4. The molecular formula is C19H17N3O5S. The Kier molecular flexibility index (Phi) is 5.36. The molecule has 0 N–H and O–H groups in total. The van der Waals surface area contributed by atoms with Gasteiger partial charge in [0.05, 0.1) is 33.9 Å². The van der Waals surface area contributed by atoms with Gasteiger partial charge in [-0.15, -0.1) is 11.3 Å². The minimum absolute atomic E-state index is 0.0325. The second kappa shape index (κ2) is 7.73. The van der Waals surface area contributed by atoms with Gasteiger partial charge in [0.15, 0.2) is 0 Å². The van der Waals surface area contributed by atoms with E-state index in [0.717, 1.165) is 27.4 Å². The van der Waals surface area contributed by atoms with E-state index in [1.807, 2.05) is 31.2 Å². The third-order valence-electron chi connectivity index (χ3n) is 4.37. The summed E-state index contributed by atoms with van der Waals surface area (Å²) in [4.78, 5) is 41.3. The number of nitro groups is 1.